The van der Waals surface area contributed by atoms with Crippen LogP contribution in [0.3, 0.4) is 0 Å². The fraction of sp³-hybridized carbons (Fsp3) is 0.312. The number of benzene rings is 1. The molecule has 1 aliphatic heterocycles. The van der Waals surface area contributed by atoms with Gasteiger partial charge in [0.05, 0.1) is 12.7 Å². The molecule has 0 unspecified atom stereocenters. The molecular formula is C16H18N4O5. The molecule has 1 saturated heterocycles. The zero-order chi connectivity index (χ0) is 17.8. The second kappa shape index (κ2) is 7.43. The first-order valence-corrected chi connectivity index (χ1v) is 7.73. The molecule has 0 radical (unpaired) electrons. The molecule has 2 amide bonds. The van der Waals surface area contributed by atoms with E-state index in [0.717, 1.165) is 0 Å². The quantitative estimate of drug-likeness (QED) is 0.640. The van der Waals surface area contributed by atoms with E-state index in [1.165, 1.54) is 16.8 Å². The van der Waals surface area contributed by atoms with Crippen LogP contribution in [0.1, 0.15) is 12.6 Å². The summed E-state index contributed by atoms with van der Waals surface area (Å²) in [5.74, 6) is 0.0898. The second-order valence-corrected chi connectivity index (χ2v) is 5.56. The first kappa shape index (κ1) is 17.1. The van der Waals surface area contributed by atoms with Gasteiger partial charge in [-0.15, -0.1) is 0 Å². The van der Waals surface area contributed by atoms with Gasteiger partial charge < -0.3 is 20.3 Å². The number of hydrogen-bond donors (Lipinski definition) is 4. The van der Waals surface area contributed by atoms with Crippen molar-refractivity contribution in [2.75, 3.05) is 17.2 Å². The van der Waals surface area contributed by atoms with Crippen LogP contribution < -0.4 is 16.3 Å². The molecule has 3 rings (SSSR count). The minimum Gasteiger partial charge on any atom is -0.394 e. The lowest BCUT2D eigenvalue weighted by Crippen LogP contribution is -2.29. The number of hydrogen-bond acceptors (Lipinski definition) is 6. The van der Waals surface area contributed by atoms with Gasteiger partial charge >= 0.3 is 11.7 Å². The van der Waals surface area contributed by atoms with Gasteiger partial charge in [0.1, 0.15) is 18.1 Å². The number of rotatable bonds is 4. The Hall–Kier alpha value is -2.75. The Kier molecular flexibility index (Phi) is 5.08. The number of urea groups is 1. The van der Waals surface area contributed by atoms with Gasteiger partial charge in [0.25, 0.3) is 0 Å². The molecule has 4 N–H and O–H groups in total. The highest BCUT2D eigenvalue weighted by Crippen LogP contribution is 2.27. The van der Waals surface area contributed by atoms with Crippen molar-refractivity contribution in [3.05, 3.63) is 53.1 Å². The summed E-state index contributed by atoms with van der Waals surface area (Å²) >= 11 is 0. The van der Waals surface area contributed by atoms with Crippen molar-refractivity contribution >= 4 is 17.5 Å². The average molecular weight is 346 g/mol. The van der Waals surface area contributed by atoms with Crippen LogP contribution in [0, 0.1) is 0 Å². The molecule has 0 spiro atoms. The smallest absolute Gasteiger partial charge is 0.351 e. The Labute approximate surface area is 142 Å². The Balaban J connectivity index is 1.66. The van der Waals surface area contributed by atoms with Crippen LogP contribution in [0.5, 0.6) is 0 Å². The molecule has 0 aliphatic carbocycles. The Morgan fingerprint density at radius 2 is 2.04 bits per heavy atom. The number of amides is 2. The highest BCUT2D eigenvalue weighted by Gasteiger charge is 2.34. The summed E-state index contributed by atoms with van der Waals surface area (Å²) in [6.45, 7) is -0.334. The van der Waals surface area contributed by atoms with E-state index in [1.807, 2.05) is 6.07 Å². The van der Waals surface area contributed by atoms with Crippen molar-refractivity contribution in [2.24, 2.45) is 0 Å². The minimum atomic E-state index is -0.851. The number of carbonyl (C=O) groups excluding carboxylic acids is 1. The van der Waals surface area contributed by atoms with E-state index in [2.05, 4.69) is 15.6 Å². The van der Waals surface area contributed by atoms with Crippen LogP contribution in [0.15, 0.2) is 47.4 Å². The van der Waals surface area contributed by atoms with Gasteiger partial charge in [-0.1, -0.05) is 18.2 Å². The predicted molar refractivity (Wildman–Crippen MR) is 89.2 cm³/mol. The fourth-order valence-corrected chi connectivity index (χ4v) is 2.55. The molecular weight excluding hydrogens is 328 g/mol. The Morgan fingerprint density at radius 1 is 1.28 bits per heavy atom. The van der Waals surface area contributed by atoms with E-state index >= 15 is 0 Å². The monoisotopic (exact) mass is 346 g/mol. The normalized spacial score (nSPS) is 22.6. The van der Waals surface area contributed by atoms with Crippen molar-refractivity contribution in [1.29, 1.82) is 0 Å². The molecule has 1 aliphatic rings. The SMILES string of the molecule is O=C(Nc1ccccc1)Nc1ccn([C@H]2C[C@@H](O)[C@@H](CO)O2)c(=O)n1. The third-order valence-electron chi connectivity index (χ3n) is 3.80. The highest BCUT2D eigenvalue weighted by molar-refractivity contribution is 5.99. The summed E-state index contributed by atoms with van der Waals surface area (Å²) in [5.41, 5.74) is -0.0231. The summed E-state index contributed by atoms with van der Waals surface area (Å²) < 4.78 is 6.62. The van der Waals surface area contributed by atoms with E-state index in [0.29, 0.717) is 5.69 Å². The first-order chi connectivity index (χ1) is 12.1. The van der Waals surface area contributed by atoms with E-state index < -0.39 is 30.2 Å². The van der Waals surface area contributed by atoms with Gasteiger partial charge in [-0.3, -0.25) is 9.88 Å². The number of aliphatic hydroxyl groups excluding tert-OH is 2. The number of nitrogens with one attached hydrogen (secondary N) is 2. The number of nitrogens with zero attached hydrogens (tertiary/aromatic N) is 2. The van der Waals surface area contributed by atoms with Crippen molar-refractivity contribution in [3.63, 3.8) is 0 Å². The maximum Gasteiger partial charge on any atom is 0.351 e. The first-order valence-electron chi connectivity index (χ1n) is 7.73. The molecule has 1 aromatic carbocycles. The third-order valence-corrected chi connectivity index (χ3v) is 3.80. The fourth-order valence-electron chi connectivity index (χ4n) is 2.55. The van der Waals surface area contributed by atoms with E-state index in [1.54, 1.807) is 24.3 Å². The van der Waals surface area contributed by atoms with Gasteiger partial charge in [-0.2, -0.15) is 4.98 Å². The summed E-state index contributed by atoms with van der Waals surface area (Å²) in [6.07, 6.45) is -0.694. The number of ether oxygens (including phenoxy) is 1. The highest BCUT2D eigenvalue weighted by atomic mass is 16.5. The number of aliphatic hydroxyl groups is 2. The number of para-hydroxylation sites is 1. The van der Waals surface area contributed by atoms with Crippen LogP contribution in [-0.2, 0) is 4.74 Å². The summed E-state index contributed by atoms with van der Waals surface area (Å²) in [7, 11) is 0. The van der Waals surface area contributed by atoms with E-state index in [-0.39, 0.29) is 18.8 Å². The maximum atomic E-state index is 12.1. The lowest BCUT2D eigenvalue weighted by molar-refractivity contribution is -0.0458. The summed E-state index contributed by atoms with van der Waals surface area (Å²) in [5, 5.41) is 23.9. The van der Waals surface area contributed by atoms with Gasteiger partial charge in [0.2, 0.25) is 0 Å². The van der Waals surface area contributed by atoms with Crippen molar-refractivity contribution in [2.45, 2.75) is 24.9 Å². The average Bonchev–Trinajstić information content (AvgIpc) is 2.96. The predicted octanol–water partition coefficient (Wildman–Crippen LogP) is 0.528. The molecule has 9 nitrogen and oxygen atoms in total. The zero-order valence-electron chi connectivity index (χ0n) is 13.2. The molecule has 2 aromatic rings. The van der Waals surface area contributed by atoms with Gasteiger partial charge in [0, 0.05) is 18.3 Å². The van der Waals surface area contributed by atoms with Gasteiger partial charge in [-0.25, -0.2) is 9.59 Å². The summed E-state index contributed by atoms with van der Waals surface area (Å²) in [6, 6.07) is 9.77. The molecule has 2 heterocycles. The lowest BCUT2D eigenvalue weighted by atomic mass is 10.2. The lowest BCUT2D eigenvalue weighted by Gasteiger charge is -2.14. The third kappa shape index (κ3) is 4.02. The maximum absolute atomic E-state index is 12.1. The van der Waals surface area contributed by atoms with E-state index in [9.17, 15) is 14.7 Å². The molecule has 0 bridgehead atoms. The standard InChI is InChI=1S/C16H18N4O5/c21-9-12-11(22)8-14(25-12)20-7-6-13(19-16(20)24)18-15(23)17-10-4-2-1-3-5-10/h1-7,11-12,14,21-22H,8-9H2,(H2,17,18,19,23,24)/t11-,12-,14-/m1/s1. The minimum absolute atomic E-state index is 0.0898. The van der Waals surface area contributed by atoms with Gasteiger partial charge in [-0.05, 0) is 18.2 Å². The largest absolute Gasteiger partial charge is 0.394 e. The Morgan fingerprint density at radius 3 is 2.68 bits per heavy atom. The van der Waals surface area contributed by atoms with Crippen molar-refractivity contribution in [3.8, 4) is 0 Å². The van der Waals surface area contributed by atoms with Crippen LogP contribution in [0.25, 0.3) is 0 Å². The topological polar surface area (TPSA) is 126 Å². The zero-order valence-corrected chi connectivity index (χ0v) is 13.2. The van der Waals surface area contributed by atoms with Crippen LogP contribution >= 0.6 is 0 Å². The number of aromatic nitrogens is 2. The Bertz CT molecular complexity index is 795. The molecule has 9 heteroatoms. The van der Waals surface area contributed by atoms with Gasteiger partial charge in [0.15, 0.2) is 0 Å². The second-order valence-electron chi connectivity index (χ2n) is 5.56. The molecule has 1 fully saturated rings. The van der Waals surface area contributed by atoms with Crippen molar-refractivity contribution < 1.29 is 19.7 Å². The van der Waals surface area contributed by atoms with Crippen LogP contribution in [0.2, 0.25) is 0 Å². The van der Waals surface area contributed by atoms with E-state index in [4.69, 9.17) is 9.84 Å². The van der Waals surface area contributed by atoms with Crippen molar-refractivity contribution in [1.82, 2.24) is 9.55 Å². The molecule has 0 saturated carbocycles. The molecule has 25 heavy (non-hydrogen) atoms. The van der Waals surface area contributed by atoms with Crippen LogP contribution in [0.4, 0.5) is 16.3 Å². The summed E-state index contributed by atoms with van der Waals surface area (Å²) in [4.78, 5) is 27.8. The number of carbonyl (C=O) groups is 1. The molecule has 1 aromatic heterocycles. The molecule has 3 atom stereocenters. The molecule has 132 valence electrons. The van der Waals surface area contributed by atoms with Crippen LogP contribution in [-0.4, -0.2) is 44.6 Å². The number of anilines is 2.